The van der Waals surface area contributed by atoms with E-state index in [2.05, 4.69) is 15.4 Å². The highest BCUT2D eigenvalue weighted by atomic mass is 16.5. The first kappa shape index (κ1) is 15.7. The summed E-state index contributed by atoms with van der Waals surface area (Å²) in [6.07, 6.45) is 2.80. The summed E-state index contributed by atoms with van der Waals surface area (Å²) in [7, 11) is 0. The van der Waals surface area contributed by atoms with E-state index in [9.17, 15) is 4.79 Å². The number of hydrogen-bond donors (Lipinski definition) is 1. The Labute approximate surface area is 140 Å². The number of para-hydroxylation sites is 1. The molecular formula is C18H18N4O2. The number of anilines is 1. The van der Waals surface area contributed by atoms with E-state index >= 15 is 0 Å². The lowest BCUT2D eigenvalue weighted by atomic mass is 10.3. The summed E-state index contributed by atoms with van der Waals surface area (Å²) in [5.41, 5.74) is 1.79. The largest absolute Gasteiger partial charge is 0.463 e. The van der Waals surface area contributed by atoms with Crippen molar-refractivity contribution in [1.29, 1.82) is 0 Å². The molecule has 0 radical (unpaired) electrons. The maximum absolute atomic E-state index is 12.2. The highest BCUT2D eigenvalue weighted by Crippen LogP contribution is 2.19. The van der Waals surface area contributed by atoms with Gasteiger partial charge in [0, 0.05) is 18.0 Å². The highest BCUT2D eigenvalue weighted by molar-refractivity contribution is 5.93. The van der Waals surface area contributed by atoms with Crippen molar-refractivity contribution in [1.82, 2.24) is 14.8 Å². The minimum absolute atomic E-state index is 0.276. The molecule has 0 aliphatic carbocycles. The second-order valence-electron chi connectivity index (χ2n) is 5.36. The van der Waals surface area contributed by atoms with Gasteiger partial charge in [0.05, 0.1) is 5.69 Å². The van der Waals surface area contributed by atoms with Crippen LogP contribution < -0.4 is 10.1 Å². The predicted molar refractivity (Wildman–Crippen MR) is 91.3 cm³/mol. The van der Waals surface area contributed by atoms with E-state index < -0.39 is 6.10 Å². The monoisotopic (exact) mass is 322 g/mol. The van der Waals surface area contributed by atoms with Crippen molar-refractivity contribution >= 4 is 11.7 Å². The molecule has 0 unspecified atom stereocenters. The molecule has 1 amide bonds. The van der Waals surface area contributed by atoms with Gasteiger partial charge in [-0.2, -0.15) is 0 Å². The number of rotatable bonds is 5. The maximum Gasteiger partial charge on any atom is 0.266 e. The van der Waals surface area contributed by atoms with Crippen molar-refractivity contribution in [3.8, 4) is 11.6 Å². The third-order valence-corrected chi connectivity index (χ3v) is 3.45. The van der Waals surface area contributed by atoms with Gasteiger partial charge in [-0.1, -0.05) is 24.3 Å². The lowest BCUT2D eigenvalue weighted by Crippen LogP contribution is -2.30. The van der Waals surface area contributed by atoms with Crippen molar-refractivity contribution in [2.75, 3.05) is 5.32 Å². The minimum atomic E-state index is -0.690. The van der Waals surface area contributed by atoms with Gasteiger partial charge < -0.3 is 10.1 Å². The summed E-state index contributed by atoms with van der Waals surface area (Å²) in [5, 5.41) is 7.12. The number of aromatic nitrogens is 3. The zero-order valence-electron chi connectivity index (χ0n) is 13.5. The van der Waals surface area contributed by atoms with Gasteiger partial charge in [0.15, 0.2) is 6.10 Å². The lowest BCUT2D eigenvalue weighted by Gasteiger charge is -2.13. The number of nitrogens with zero attached hydrogens (tertiary/aromatic N) is 3. The Bertz CT molecular complexity index is 816. The number of nitrogens with one attached hydrogen (secondary N) is 1. The molecular weight excluding hydrogens is 304 g/mol. The second kappa shape index (κ2) is 6.95. The van der Waals surface area contributed by atoms with E-state index in [4.69, 9.17) is 4.74 Å². The number of carbonyl (C=O) groups is 1. The summed E-state index contributed by atoms with van der Waals surface area (Å²) >= 11 is 0. The molecule has 0 saturated heterocycles. The molecule has 6 heteroatoms. The molecule has 0 bridgehead atoms. The highest BCUT2D eigenvalue weighted by Gasteiger charge is 2.18. The van der Waals surface area contributed by atoms with Crippen LogP contribution >= 0.6 is 0 Å². The van der Waals surface area contributed by atoms with E-state index in [-0.39, 0.29) is 5.91 Å². The molecule has 6 nitrogen and oxygen atoms in total. The zero-order valence-corrected chi connectivity index (χ0v) is 13.5. The minimum Gasteiger partial charge on any atom is -0.463 e. The second-order valence-corrected chi connectivity index (χ2v) is 5.36. The van der Waals surface area contributed by atoms with Crippen LogP contribution in [0, 0.1) is 6.92 Å². The number of aryl methyl sites for hydroxylation is 1. The molecule has 0 aliphatic rings. The maximum atomic E-state index is 12.2. The van der Waals surface area contributed by atoms with Crippen LogP contribution in [0.15, 0.2) is 60.9 Å². The van der Waals surface area contributed by atoms with Gasteiger partial charge in [0.2, 0.25) is 5.88 Å². The molecule has 3 aromatic rings. The topological polar surface area (TPSA) is 69.0 Å². The standard InChI is InChI=1S/C18H18N4O2/c1-13-12-22(15-8-4-3-5-9-15)21-18(13)24-14(2)17(23)20-16-10-6-7-11-19-16/h3-12,14H,1-2H3,(H,19,20,23)/t14-/m0/s1. The molecule has 0 saturated carbocycles. The summed E-state index contributed by atoms with van der Waals surface area (Å²) in [4.78, 5) is 16.3. The van der Waals surface area contributed by atoms with Gasteiger partial charge in [0.25, 0.3) is 5.91 Å². The van der Waals surface area contributed by atoms with E-state index in [1.165, 1.54) is 0 Å². The van der Waals surface area contributed by atoms with E-state index in [1.54, 1.807) is 36.0 Å². The van der Waals surface area contributed by atoms with Gasteiger partial charge in [0.1, 0.15) is 5.82 Å². The number of pyridine rings is 1. The fourth-order valence-corrected chi connectivity index (χ4v) is 2.16. The Balaban J connectivity index is 1.69. The molecule has 2 aromatic heterocycles. The molecule has 122 valence electrons. The number of amides is 1. The van der Waals surface area contributed by atoms with Crippen molar-refractivity contribution in [2.45, 2.75) is 20.0 Å². The van der Waals surface area contributed by atoms with E-state index in [0.29, 0.717) is 11.7 Å². The molecule has 0 aliphatic heterocycles. The molecule has 3 rings (SSSR count). The first-order valence-corrected chi connectivity index (χ1v) is 7.64. The van der Waals surface area contributed by atoms with E-state index in [0.717, 1.165) is 11.3 Å². The molecule has 1 aromatic carbocycles. The summed E-state index contributed by atoms with van der Waals surface area (Å²) in [6, 6.07) is 15.0. The summed E-state index contributed by atoms with van der Waals surface area (Å²) in [5.74, 6) is 0.648. The van der Waals surface area contributed by atoms with Crippen molar-refractivity contribution in [3.63, 3.8) is 0 Å². The Morgan fingerprint density at radius 2 is 1.92 bits per heavy atom. The predicted octanol–water partition coefficient (Wildman–Crippen LogP) is 2.98. The fraction of sp³-hybridized carbons (Fsp3) is 0.167. The zero-order chi connectivity index (χ0) is 16.9. The van der Waals surface area contributed by atoms with Gasteiger partial charge in [-0.3, -0.25) is 4.79 Å². The van der Waals surface area contributed by atoms with Crippen molar-refractivity contribution in [2.24, 2.45) is 0 Å². The van der Waals surface area contributed by atoms with Gasteiger partial charge in [-0.15, -0.1) is 5.10 Å². The average molecular weight is 322 g/mol. The van der Waals surface area contributed by atoms with Crippen molar-refractivity contribution < 1.29 is 9.53 Å². The molecule has 0 spiro atoms. The number of carbonyl (C=O) groups excluding carboxylic acids is 1. The smallest absolute Gasteiger partial charge is 0.266 e. The third-order valence-electron chi connectivity index (χ3n) is 3.45. The van der Waals surface area contributed by atoms with Crippen molar-refractivity contribution in [3.05, 3.63) is 66.5 Å². The Morgan fingerprint density at radius 3 is 2.62 bits per heavy atom. The Hall–Kier alpha value is -3.15. The van der Waals surface area contributed by atoms with Crippen LogP contribution in [0.2, 0.25) is 0 Å². The Kier molecular flexibility index (Phi) is 4.56. The molecule has 1 N–H and O–H groups in total. The Morgan fingerprint density at radius 1 is 1.17 bits per heavy atom. The van der Waals surface area contributed by atoms with E-state index in [1.807, 2.05) is 43.5 Å². The SMILES string of the molecule is Cc1cn(-c2ccccc2)nc1O[C@@H](C)C(=O)Nc1ccccn1. The normalized spacial score (nSPS) is 11.8. The molecule has 1 atom stereocenters. The van der Waals surface area contributed by atoms with Crippen LogP contribution in [0.4, 0.5) is 5.82 Å². The van der Waals surface area contributed by atoms with Gasteiger partial charge >= 0.3 is 0 Å². The average Bonchev–Trinajstić information content (AvgIpc) is 2.97. The molecule has 0 fully saturated rings. The number of ether oxygens (including phenoxy) is 1. The summed E-state index contributed by atoms with van der Waals surface area (Å²) in [6.45, 7) is 3.57. The first-order chi connectivity index (χ1) is 11.6. The fourth-order valence-electron chi connectivity index (χ4n) is 2.16. The first-order valence-electron chi connectivity index (χ1n) is 7.64. The quantitative estimate of drug-likeness (QED) is 0.784. The third kappa shape index (κ3) is 3.60. The number of hydrogen-bond acceptors (Lipinski definition) is 4. The molecule has 2 heterocycles. The number of benzene rings is 1. The van der Waals surface area contributed by atoms with Gasteiger partial charge in [-0.05, 0) is 38.1 Å². The van der Waals surface area contributed by atoms with Crippen LogP contribution in [-0.4, -0.2) is 26.8 Å². The van der Waals surface area contributed by atoms with Crippen LogP contribution in [0.25, 0.3) is 5.69 Å². The van der Waals surface area contributed by atoms with Crippen LogP contribution in [-0.2, 0) is 4.79 Å². The van der Waals surface area contributed by atoms with Crippen LogP contribution in [0.3, 0.4) is 0 Å². The molecule has 24 heavy (non-hydrogen) atoms. The van der Waals surface area contributed by atoms with Crippen LogP contribution in [0.1, 0.15) is 12.5 Å². The summed E-state index contributed by atoms with van der Waals surface area (Å²) < 4.78 is 7.44. The van der Waals surface area contributed by atoms with Crippen LogP contribution in [0.5, 0.6) is 5.88 Å². The van der Waals surface area contributed by atoms with Gasteiger partial charge in [-0.25, -0.2) is 9.67 Å². The lowest BCUT2D eigenvalue weighted by molar-refractivity contribution is -0.122.